The normalized spacial score (nSPS) is 11.4. The number of rotatable bonds is 11. The Kier molecular flexibility index (Phi) is 9.74. The van der Waals surface area contributed by atoms with Crippen LogP contribution in [0.1, 0.15) is 31.9 Å². The third kappa shape index (κ3) is 7.03. The van der Waals surface area contributed by atoms with Gasteiger partial charge in [-0.3, -0.25) is 9.36 Å². The Morgan fingerprint density at radius 1 is 0.881 bits per heavy atom. The zero-order valence-electron chi connectivity index (χ0n) is 24.8. The summed E-state index contributed by atoms with van der Waals surface area (Å²) in [5, 5.41) is 13.6. The van der Waals surface area contributed by atoms with Crippen LogP contribution in [-0.2, 0) is 10.2 Å². The molecule has 0 fully saturated rings. The molecule has 1 heterocycles. The number of ether oxygens (including phenoxy) is 4. The molecule has 0 atom stereocenters. The second-order valence-electron chi connectivity index (χ2n) is 10.2. The van der Waals surface area contributed by atoms with Crippen LogP contribution in [0.25, 0.3) is 17.1 Å². The van der Waals surface area contributed by atoms with E-state index in [4.69, 9.17) is 18.9 Å². The predicted octanol–water partition coefficient (Wildman–Crippen LogP) is 5.51. The van der Waals surface area contributed by atoms with Gasteiger partial charge in [0.25, 0.3) is 5.91 Å². The highest BCUT2D eigenvalue weighted by atomic mass is 32.2. The average Bonchev–Trinajstić information content (AvgIpc) is 3.43. The highest BCUT2D eigenvalue weighted by Gasteiger charge is 2.19. The maximum absolute atomic E-state index is 12.8. The summed E-state index contributed by atoms with van der Waals surface area (Å²) in [6.45, 7) is 6.53. The van der Waals surface area contributed by atoms with Crippen LogP contribution in [0.2, 0.25) is 0 Å². The van der Waals surface area contributed by atoms with Crippen molar-refractivity contribution >= 4 is 23.9 Å². The van der Waals surface area contributed by atoms with Crippen LogP contribution < -0.4 is 24.4 Å². The summed E-state index contributed by atoms with van der Waals surface area (Å²) in [6.07, 6.45) is 1.47. The Balaban J connectivity index is 1.55. The van der Waals surface area contributed by atoms with Crippen LogP contribution in [0, 0.1) is 0 Å². The van der Waals surface area contributed by atoms with Gasteiger partial charge in [-0.2, -0.15) is 5.10 Å². The molecule has 0 aliphatic carbocycles. The Morgan fingerprint density at radius 2 is 1.50 bits per heavy atom. The second kappa shape index (κ2) is 13.4. The fraction of sp³-hybridized carbons (Fsp3) is 0.290. The summed E-state index contributed by atoms with van der Waals surface area (Å²) >= 11 is 1.26. The molecule has 3 aromatic carbocycles. The van der Waals surface area contributed by atoms with Crippen LogP contribution in [0.4, 0.5) is 0 Å². The lowest BCUT2D eigenvalue weighted by molar-refractivity contribution is -0.118. The van der Waals surface area contributed by atoms with E-state index in [0.29, 0.717) is 33.8 Å². The molecule has 1 amide bonds. The molecule has 0 aliphatic heterocycles. The Labute approximate surface area is 250 Å². The van der Waals surface area contributed by atoms with E-state index in [-0.39, 0.29) is 17.1 Å². The van der Waals surface area contributed by atoms with Gasteiger partial charge in [0, 0.05) is 23.4 Å². The number of aromatic nitrogens is 3. The summed E-state index contributed by atoms with van der Waals surface area (Å²) in [7, 11) is 6.25. The summed E-state index contributed by atoms with van der Waals surface area (Å²) in [4.78, 5) is 12.8. The van der Waals surface area contributed by atoms with Gasteiger partial charge >= 0.3 is 0 Å². The van der Waals surface area contributed by atoms with Crippen molar-refractivity contribution in [3.05, 3.63) is 71.8 Å². The molecule has 0 spiro atoms. The number of hydrogen-bond donors (Lipinski definition) is 1. The van der Waals surface area contributed by atoms with Crippen molar-refractivity contribution in [2.45, 2.75) is 31.3 Å². The standard InChI is InChI=1S/C31H35N5O5S/c1-31(2,3)21-10-8-20(9-11-21)29-34-35-30(36(29)22-12-14-23(38-4)15-13-22)42-19-28(37)33-32-18-25-26(40-6)16-24(39-5)17-27(25)41-7/h8-18H,19H2,1-7H3,(H,33,37). The zero-order chi connectivity index (χ0) is 30.3. The van der Waals surface area contributed by atoms with Gasteiger partial charge in [0.1, 0.15) is 23.0 Å². The molecule has 0 aliphatic rings. The second-order valence-corrected chi connectivity index (χ2v) is 11.1. The summed E-state index contributed by atoms with van der Waals surface area (Å²) in [6, 6.07) is 19.3. The molecule has 0 bridgehead atoms. The van der Waals surface area contributed by atoms with E-state index < -0.39 is 0 Å². The van der Waals surface area contributed by atoms with Crippen LogP contribution >= 0.6 is 11.8 Å². The number of hydrogen-bond acceptors (Lipinski definition) is 9. The Hall–Kier alpha value is -4.51. The molecule has 1 N–H and O–H groups in total. The largest absolute Gasteiger partial charge is 0.497 e. The minimum atomic E-state index is -0.317. The van der Waals surface area contributed by atoms with Gasteiger partial charge in [0.2, 0.25) is 0 Å². The SMILES string of the molecule is COc1ccc(-n2c(SCC(=O)NN=Cc3c(OC)cc(OC)cc3OC)nnc2-c2ccc(C(C)(C)C)cc2)cc1. The summed E-state index contributed by atoms with van der Waals surface area (Å²) in [5.74, 6) is 2.71. The first-order valence-corrected chi connectivity index (χ1v) is 14.1. The van der Waals surface area contributed by atoms with E-state index in [2.05, 4.69) is 53.6 Å². The number of carbonyl (C=O) groups is 1. The number of nitrogens with zero attached hydrogens (tertiary/aromatic N) is 4. The number of nitrogens with one attached hydrogen (secondary N) is 1. The van der Waals surface area contributed by atoms with Gasteiger partial charge in [0.05, 0.1) is 46.0 Å². The first-order valence-electron chi connectivity index (χ1n) is 13.1. The number of amides is 1. The average molecular weight is 590 g/mol. The molecule has 220 valence electrons. The lowest BCUT2D eigenvalue weighted by Crippen LogP contribution is -2.20. The Bertz CT molecular complexity index is 1520. The highest BCUT2D eigenvalue weighted by molar-refractivity contribution is 7.99. The van der Waals surface area contributed by atoms with Crippen molar-refractivity contribution in [3.8, 4) is 40.1 Å². The summed E-state index contributed by atoms with van der Waals surface area (Å²) < 4.78 is 23.4. The van der Waals surface area contributed by atoms with Gasteiger partial charge in [-0.05, 0) is 35.2 Å². The molecule has 1 aromatic heterocycles. The predicted molar refractivity (Wildman–Crippen MR) is 165 cm³/mol. The molecular formula is C31H35N5O5S. The molecule has 0 radical (unpaired) electrons. The first kappa shape index (κ1) is 30.4. The van der Waals surface area contributed by atoms with Crippen LogP contribution in [0.15, 0.2) is 70.9 Å². The number of benzene rings is 3. The molecular weight excluding hydrogens is 554 g/mol. The smallest absolute Gasteiger partial charge is 0.250 e. The highest BCUT2D eigenvalue weighted by Crippen LogP contribution is 2.33. The van der Waals surface area contributed by atoms with E-state index in [1.165, 1.54) is 37.8 Å². The maximum Gasteiger partial charge on any atom is 0.250 e. The van der Waals surface area contributed by atoms with Crippen LogP contribution in [0.3, 0.4) is 0 Å². The number of methoxy groups -OCH3 is 4. The van der Waals surface area contributed by atoms with E-state index in [9.17, 15) is 4.79 Å². The molecule has 11 heteroatoms. The fourth-order valence-corrected chi connectivity index (χ4v) is 4.87. The van der Waals surface area contributed by atoms with Crippen molar-refractivity contribution < 1.29 is 23.7 Å². The third-order valence-corrected chi connectivity index (χ3v) is 7.37. The fourth-order valence-electron chi connectivity index (χ4n) is 4.12. The topological polar surface area (TPSA) is 109 Å². The van der Waals surface area contributed by atoms with Gasteiger partial charge < -0.3 is 18.9 Å². The quantitative estimate of drug-likeness (QED) is 0.139. The van der Waals surface area contributed by atoms with E-state index in [1.54, 1.807) is 26.4 Å². The molecule has 0 unspecified atom stereocenters. The van der Waals surface area contributed by atoms with Gasteiger partial charge in [0.15, 0.2) is 11.0 Å². The molecule has 42 heavy (non-hydrogen) atoms. The van der Waals surface area contributed by atoms with Crippen molar-refractivity contribution in [1.82, 2.24) is 20.2 Å². The third-order valence-electron chi connectivity index (χ3n) is 6.44. The minimum Gasteiger partial charge on any atom is -0.497 e. The number of hydrazone groups is 1. The molecule has 4 aromatic rings. The number of carbonyl (C=O) groups excluding carboxylic acids is 1. The number of thioether (sulfide) groups is 1. The molecule has 4 rings (SSSR count). The zero-order valence-corrected chi connectivity index (χ0v) is 25.6. The van der Waals surface area contributed by atoms with Gasteiger partial charge in [-0.15, -0.1) is 10.2 Å². The van der Waals surface area contributed by atoms with E-state index >= 15 is 0 Å². The molecule has 10 nitrogen and oxygen atoms in total. The maximum atomic E-state index is 12.8. The monoisotopic (exact) mass is 589 g/mol. The van der Waals surface area contributed by atoms with Crippen LogP contribution in [0.5, 0.6) is 23.0 Å². The molecule has 0 saturated carbocycles. The van der Waals surface area contributed by atoms with E-state index in [1.807, 2.05) is 41.0 Å². The van der Waals surface area contributed by atoms with Crippen LogP contribution in [-0.4, -0.2) is 61.1 Å². The lowest BCUT2D eigenvalue weighted by atomic mass is 9.87. The Morgan fingerprint density at radius 3 is 2.05 bits per heavy atom. The van der Waals surface area contributed by atoms with E-state index in [0.717, 1.165) is 17.0 Å². The molecule has 0 saturated heterocycles. The van der Waals surface area contributed by atoms with Crippen molar-refractivity contribution in [2.24, 2.45) is 5.10 Å². The first-order chi connectivity index (χ1) is 20.2. The van der Waals surface area contributed by atoms with Crippen molar-refractivity contribution in [3.63, 3.8) is 0 Å². The van der Waals surface area contributed by atoms with Crippen molar-refractivity contribution in [1.29, 1.82) is 0 Å². The van der Waals surface area contributed by atoms with Crippen molar-refractivity contribution in [2.75, 3.05) is 34.2 Å². The van der Waals surface area contributed by atoms with Gasteiger partial charge in [-0.1, -0.05) is 56.8 Å². The minimum absolute atomic E-state index is 0.0304. The lowest BCUT2D eigenvalue weighted by Gasteiger charge is -2.19. The summed E-state index contributed by atoms with van der Waals surface area (Å²) in [5.41, 5.74) is 6.13. The van der Waals surface area contributed by atoms with Gasteiger partial charge in [-0.25, -0.2) is 5.43 Å².